The highest BCUT2D eigenvalue weighted by atomic mass is 32.1. The summed E-state index contributed by atoms with van der Waals surface area (Å²) in [4.78, 5) is 27.4. The van der Waals surface area contributed by atoms with Crippen LogP contribution in [0, 0.1) is 0 Å². The summed E-state index contributed by atoms with van der Waals surface area (Å²) in [6.45, 7) is 4.22. The first-order valence-electron chi connectivity index (χ1n) is 8.82. The fourth-order valence-corrected chi connectivity index (χ4v) is 4.06. The van der Waals surface area contributed by atoms with Crippen LogP contribution in [-0.2, 0) is 6.54 Å². The fourth-order valence-electron chi connectivity index (χ4n) is 3.25. The van der Waals surface area contributed by atoms with Crippen molar-refractivity contribution in [1.82, 2.24) is 10.2 Å². The minimum absolute atomic E-state index is 0.00354. The van der Waals surface area contributed by atoms with Crippen LogP contribution in [0.15, 0.2) is 36.4 Å². The van der Waals surface area contributed by atoms with E-state index >= 15 is 0 Å². The standard InChI is InChI=1S/C20H24N2O3S/c1-14(23)18-8-9-19(26-18)20(24)21-16-6-4-10-22(13-16)12-15-5-3-7-17(11-15)25-2/h3,5,7-9,11,16H,4,6,10,12-13H2,1-2H3,(H,21,24)/t16-/m0/s1. The van der Waals surface area contributed by atoms with Gasteiger partial charge in [0.05, 0.1) is 16.9 Å². The molecule has 2 heterocycles. The topological polar surface area (TPSA) is 58.6 Å². The number of benzene rings is 1. The molecule has 0 radical (unpaired) electrons. The van der Waals surface area contributed by atoms with Crippen molar-refractivity contribution in [1.29, 1.82) is 0 Å². The zero-order valence-corrected chi connectivity index (χ0v) is 16.0. The third-order valence-electron chi connectivity index (χ3n) is 4.56. The Balaban J connectivity index is 1.57. The van der Waals surface area contributed by atoms with Gasteiger partial charge in [-0.15, -0.1) is 11.3 Å². The number of piperidine rings is 1. The Morgan fingerprint density at radius 2 is 2.08 bits per heavy atom. The van der Waals surface area contributed by atoms with E-state index in [4.69, 9.17) is 4.74 Å². The molecule has 0 spiro atoms. The minimum atomic E-state index is -0.0873. The van der Waals surface area contributed by atoms with Crippen LogP contribution in [0.4, 0.5) is 0 Å². The van der Waals surface area contributed by atoms with Crippen molar-refractivity contribution in [3.63, 3.8) is 0 Å². The average Bonchev–Trinajstić information content (AvgIpc) is 3.13. The summed E-state index contributed by atoms with van der Waals surface area (Å²) in [5, 5.41) is 3.12. The molecule has 0 saturated carbocycles. The molecule has 5 nitrogen and oxygen atoms in total. The van der Waals surface area contributed by atoms with Crippen molar-refractivity contribution >= 4 is 23.0 Å². The molecular formula is C20H24N2O3S. The van der Waals surface area contributed by atoms with Crippen molar-refractivity contribution in [2.45, 2.75) is 32.4 Å². The Morgan fingerprint density at radius 1 is 1.27 bits per heavy atom. The van der Waals surface area contributed by atoms with E-state index in [0.717, 1.165) is 38.2 Å². The molecule has 1 aliphatic heterocycles. The molecule has 1 aliphatic rings. The van der Waals surface area contributed by atoms with Crippen molar-refractivity contribution in [2.75, 3.05) is 20.2 Å². The number of ketones is 1. The molecule has 1 amide bonds. The molecule has 1 saturated heterocycles. The minimum Gasteiger partial charge on any atom is -0.497 e. The van der Waals surface area contributed by atoms with Crippen LogP contribution in [-0.4, -0.2) is 42.8 Å². The Hall–Kier alpha value is -2.18. The number of likely N-dealkylation sites (tertiary alicyclic amines) is 1. The van der Waals surface area contributed by atoms with Gasteiger partial charge in [0.15, 0.2) is 5.78 Å². The maximum Gasteiger partial charge on any atom is 0.261 e. The van der Waals surface area contributed by atoms with E-state index in [0.29, 0.717) is 9.75 Å². The second kappa shape index (κ2) is 8.47. The predicted octanol–water partition coefficient (Wildman–Crippen LogP) is 3.35. The van der Waals surface area contributed by atoms with Gasteiger partial charge in [-0.05, 0) is 56.1 Å². The van der Waals surface area contributed by atoms with E-state index in [1.54, 1.807) is 19.2 Å². The Kier molecular flexibility index (Phi) is 6.06. The quantitative estimate of drug-likeness (QED) is 0.790. The summed E-state index contributed by atoms with van der Waals surface area (Å²) < 4.78 is 5.29. The lowest BCUT2D eigenvalue weighted by atomic mass is 10.0. The van der Waals surface area contributed by atoms with Crippen LogP contribution in [0.2, 0.25) is 0 Å². The number of carbonyl (C=O) groups is 2. The molecule has 0 aliphatic carbocycles. The number of rotatable bonds is 6. The molecule has 2 aromatic rings. The van der Waals surface area contributed by atoms with Crippen molar-refractivity contribution in [3.8, 4) is 5.75 Å². The molecule has 1 atom stereocenters. The van der Waals surface area contributed by atoms with Crippen LogP contribution in [0.5, 0.6) is 5.75 Å². The normalized spacial score (nSPS) is 17.7. The number of amides is 1. The molecule has 26 heavy (non-hydrogen) atoms. The maximum atomic E-state index is 12.5. The molecule has 1 N–H and O–H groups in total. The number of thiophene rings is 1. The molecule has 1 aromatic carbocycles. The van der Waals surface area contributed by atoms with E-state index in [1.807, 2.05) is 12.1 Å². The number of nitrogens with one attached hydrogen (secondary N) is 1. The van der Waals surface area contributed by atoms with Crippen LogP contribution < -0.4 is 10.1 Å². The first-order chi connectivity index (χ1) is 12.5. The highest BCUT2D eigenvalue weighted by molar-refractivity contribution is 7.15. The first-order valence-corrected chi connectivity index (χ1v) is 9.63. The molecule has 6 heteroatoms. The lowest BCUT2D eigenvalue weighted by Crippen LogP contribution is -2.47. The van der Waals surface area contributed by atoms with E-state index in [9.17, 15) is 9.59 Å². The summed E-state index contributed by atoms with van der Waals surface area (Å²) in [5.74, 6) is 0.773. The molecule has 0 unspecified atom stereocenters. The SMILES string of the molecule is COc1cccc(CN2CCC[C@H](NC(=O)c3ccc(C(C)=O)s3)C2)c1. The highest BCUT2D eigenvalue weighted by Crippen LogP contribution is 2.20. The van der Waals surface area contributed by atoms with Crippen LogP contribution in [0.1, 0.15) is 44.7 Å². The van der Waals surface area contributed by atoms with Gasteiger partial charge in [0.2, 0.25) is 0 Å². The maximum absolute atomic E-state index is 12.5. The first kappa shape index (κ1) is 18.6. The number of methoxy groups -OCH3 is 1. The van der Waals surface area contributed by atoms with E-state index in [1.165, 1.54) is 23.8 Å². The molecule has 1 fully saturated rings. The number of hydrogen-bond donors (Lipinski definition) is 1. The van der Waals surface area contributed by atoms with E-state index < -0.39 is 0 Å². The largest absolute Gasteiger partial charge is 0.497 e. The summed E-state index contributed by atoms with van der Waals surface area (Å²) in [5.41, 5.74) is 1.21. The van der Waals surface area contributed by atoms with Gasteiger partial charge < -0.3 is 10.1 Å². The van der Waals surface area contributed by atoms with E-state index in [2.05, 4.69) is 22.3 Å². The van der Waals surface area contributed by atoms with Gasteiger partial charge >= 0.3 is 0 Å². The molecule has 138 valence electrons. The summed E-state index contributed by atoms with van der Waals surface area (Å²) >= 11 is 1.26. The van der Waals surface area contributed by atoms with Gasteiger partial charge in [-0.1, -0.05) is 12.1 Å². The van der Waals surface area contributed by atoms with E-state index in [-0.39, 0.29) is 17.7 Å². The summed E-state index contributed by atoms with van der Waals surface area (Å²) in [7, 11) is 1.67. The summed E-state index contributed by atoms with van der Waals surface area (Å²) in [6.07, 6.45) is 2.03. The third-order valence-corrected chi connectivity index (χ3v) is 5.74. The number of nitrogens with zero attached hydrogens (tertiary/aromatic N) is 1. The fraction of sp³-hybridized carbons (Fsp3) is 0.400. The number of carbonyl (C=O) groups excluding carboxylic acids is 2. The van der Waals surface area contributed by atoms with Crippen LogP contribution in [0.3, 0.4) is 0 Å². The lowest BCUT2D eigenvalue weighted by molar-refractivity contribution is 0.0904. The molecule has 3 rings (SSSR count). The Morgan fingerprint density at radius 3 is 2.81 bits per heavy atom. The number of Topliss-reactive ketones (excluding diaryl/α,β-unsaturated/α-hetero) is 1. The van der Waals surface area contributed by atoms with Gasteiger partial charge in [0.25, 0.3) is 5.91 Å². The molecule has 0 bridgehead atoms. The van der Waals surface area contributed by atoms with Crippen molar-refractivity contribution in [3.05, 3.63) is 51.7 Å². The lowest BCUT2D eigenvalue weighted by Gasteiger charge is -2.33. The molecular weight excluding hydrogens is 348 g/mol. The molecule has 1 aromatic heterocycles. The zero-order valence-electron chi connectivity index (χ0n) is 15.2. The van der Waals surface area contributed by atoms with Gasteiger partial charge in [-0.25, -0.2) is 0 Å². The second-order valence-electron chi connectivity index (χ2n) is 6.62. The van der Waals surface area contributed by atoms with Gasteiger partial charge in [-0.3, -0.25) is 14.5 Å². The summed E-state index contributed by atoms with van der Waals surface area (Å²) in [6, 6.07) is 11.7. The van der Waals surface area contributed by atoms with Gasteiger partial charge in [0.1, 0.15) is 5.75 Å². The van der Waals surface area contributed by atoms with Gasteiger partial charge in [0, 0.05) is 19.1 Å². The number of ether oxygens (including phenoxy) is 1. The monoisotopic (exact) mass is 372 g/mol. The zero-order chi connectivity index (χ0) is 18.5. The number of hydrogen-bond acceptors (Lipinski definition) is 5. The van der Waals surface area contributed by atoms with Crippen molar-refractivity contribution < 1.29 is 14.3 Å². The average molecular weight is 372 g/mol. The van der Waals surface area contributed by atoms with Crippen LogP contribution in [0.25, 0.3) is 0 Å². The highest BCUT2D eigenvalue weighted by Gasteiger charge is 2.22. The Labute approximate surface area is 158 Å². The van der Waals surface area contributed by atoms with Gasteiger partial charge in [-0.2, -0.15) is 0 Å². The third kappa shape index (κ3) is 4.71. The van der Waals surface area contributed by atoms with Crippen molar-refractivity contribution in [2.24, 2.45) is 0 Å². The Bertz CT molecular complexity index is 787. The van der Waals surface area contributed by atoms with Crippen LogP contribution >= 0.6 is 11.3 Å². The predicted molar refractivity (Wildman–Crippen MR) is 103 cm³/mol. The smallest absolute Gasteiger partial charge is 0.261 e. The second-order valence-corrected chi connectivity index (χ2v) is 7.70.